The van der Waals surface area contributed by atoms with Gasteiger partial charge in [-0.3, -0.25) is 0 Å². The molecule has 2 rings (SSSR count). The molecule has 94 valence electrons. The van der Waals surface area contributed by atoms with Crippen LogP contribution in [0.2, 0.25) is 0 Å². The zero-order valence-corrected chi connectivity index (χ0v) is 9.90. The number of halogens is 2. The highest BCUT2D eigenvalue weighted by Crippen LogP contribution is 2.25. The van der Waals surface area contributed by atoms with E-state index >= 15 is 0 Å². The first-order valence-corrected chi connectivity index (χ1v) is 5.46. The van der Waals surface area contributed by atoms with Crippen LogP contribution in [0.1, 0.15) is 5.56 Å². The number of rotatable bonds is 3. The highest BCUT2D eigenvalue weighted by Gasteiger charge is 2.14. The third-order valence-corrected chi connectivity index (χ3v) is 2.68. The SMILES string of the molecule is CN(c1cccc(F)c1)c1nccc(CN)c1F. The van der Waals surface area contributed by atoms with E-state index in [1.54, 1.807) is 19.2 Å². The predicted octanol–water partition coefficient (Wildman–Crippen LogP) is 2.59. The van der Waals surface area contributed by atoms with Gasteiger partial charge in [-0.1, -0.05) is 6.07 Å². The molecular formula is C13H13F2N3. The lowest BCUT2D eigenvalue weighted by molar-refractivity contribution is 0.603. The third kappa shape index (κ3) is 2.31. The molecule has 1 heterocycles. The van der Waals surface area contributed by atoms with Crippen LogP contribution in [0.25, 0.3) is 0 Å². The molecule has 0 aliphatic heterocycles. The van der Waals surface area contributed by atoms with Crippen molar-refractivity contribution in [2.45, 2.75) is 6.54 Å². The molecule has 0 saturated heterocycles. The third-order valence-electron chi connectivity index (χ3n) is 2.68. The Hall–Kier alpha value is -2.01. The topological polar surface area (TPSA) is 42.2 Å². The Balaban J connectivity index is 2.43. The molecule has 0 fully saturated rings. The largest absolute Gasteiger partial charge is 0.327 e. The average Bonchev–Trinajstić information content (AvgIpc) is 2.38. The van der Waals surface area contributed by atoms with E-state index in [2.05, 4.69) is 4.98 Å². The maximum absolute atomic E-state index is 14.0. The Bertz CT molecular complexity index is 558. The standard InChI is InChI=1S/C13H13F2N3/c1-18(11-4-2-3-10(14)7-11)13-12(15)9(8-16)5-6-17-13/h2-7H,8,16H2,1H3. The number of pyridine rings is 1. The number of hydrogen-bond donors (Lipinski definition) is 1. The van der Waals surface area contributed by atoms with Crippen LogP contribution in [0.15, 0.2) is 36.5 Å². The van der Waals surface area contributed by atoms with E-state index in [1.165, 1.54) is 29.3 Å². The highest BCUT2D eigenvalue weighted by atomic mass is 19.1. The van der Waals surface area contributed by atoms with Crippen molar-refractivity contribution >= 4 is 11.5 Å². The lowest BCUT2D eigenvalue weighted by atomic mass is 10.2. The summed E-state index contributed by atoms with van der Waals surface area (Å²) < 4.78 is 27.2. The van der Waals surface area contributed by atoms with E-state index in [0.717, 1.165) is 0 Å². The van der Waals surface area contributed by atoms with Crippen LogP contribution in [-0.2, 0) is 6.54 Å². The molecule has 0 atom stereocenters. The van der Waals surface area contributed by atoms with Crippen molar-refractivity contribution in [2.75, 3.05) is 11.9 Å². The molecule has 5 heteroatoms. The maximum atomic E-state index is 14.0. The van der Waals surface area contributed by atoms with Gasteiger partial charge in [0.25, 0.3) is 0 Å². The molecule has 0 bridgehead atoms. The summed E-state index contributed by atoms with van der Waals surface area (Å²) in [5.41, 5.74) is 6.34. The Morgan fingerprint density at radius 3 is 2.72 bits per heavy atom. The van der Waals surface area contributed by atoms with E-state index in [-0.39, 0.29) is 18.2 Å². The summed E-state index contributed by atoms with van der Waals surface area (Å²) in [4.78, 5) is 5.45. The molecule has 2 N–H and O–H groups in total. The zero-order valence-electron chi connectivity index (χ0n) is 9.90. The van der Waals surface area contributed by atoms with Gasteiger partial charge in [0.1, 0.15) is 5.82 Å². The van der Waals surface area contributed by atoms with E-state index in [4.69, 9.17) is 5.73 Å². The minimum atomic E-state index is -0.480. The monoisotopic (exact) mass is 249 g/mol. The molecule has 0 amide bonds. The summed E-state index contributed by atoms with van der Waals surface area (Å²) in [5, 5.41) is 0. The van der Waals surface area contributed by atoms with Crippen molar-refractivity contribution in [3.63, 3.8) is 0 Å². The van der Waals surface area contributed by atoms with E-state index in [9.17, 15) is 8.78 Å². The van der Waals surface area contributed by atoms with Crippen LogP contribution in [0.4, 0.5) is 20.3 Å². The second-order valence-corrected chi connectivity index (χ2v) is 3.85. The molecule has 3 nitrogen and oxygen atoms in total. The zero-order chi connectivity index (χ0) is 13.1. The first-order chi connectivity index (χ1) is 8.63. The number of nitrogens with two attached hydrogens (primary N) is 1. The van der Waals surface area contributed by atoms with Gasteiger partial charge >= 0.3 is 0 Å². The van der Waals surface area contributed by atoms with Gasteiger partial charge in [-0.25, -0.2) is 13.8 Å². The van der Waals surface area contributed by atoms with Gasteiger partial charge in [-0.15, -0.1) is 0 Å². The molecule has 1 aromatic heterocycles. The van der Waals surface area contributed by atoms with Crippen LogP contribution in [-0.4, -0.2) is 12.0 Å². The van der Waals surface area contributed by atoms with Crippen molar-refractivity contribution < 1.29 is 8.78 Å². The number of benzene rings is 1. The summed E-state index contributed by atoms with van der Waals surface area (Å²) in [6.45, 7) is 0.0956. The molecule has 0 unspecified atom stereocenters. The van der Waals surface area contributed by atoms with Crippen LogP contribution in [0, 0.1) is 11.6 Å². The van der Waals surface area contributed by atoms with E-state index in [1.807, 2.05) is 0 Å². The van der Waals surface area contributed by atoms with Crippen LogP contribution in [0.3, 0.4) is 0 Å². The maximum Gasteiger partial charge on any atom is 0.170 e. The van der Waals surface area contributed by atoms with Crippen molar-refractivity contribution in [1.29, 1.82) is 0 Å². The smallest absolute Gasteiger partial charge is 0.170 e. The molecular weight excluding hydrogens is 236 g/mol. The normalized spacial score (nSPS) is 10.4. The molecule has 0 spiro atoms. The summed E-state index contributed by atoms with van der Waals surface area (Å²) in [7, 11) is 1.63. The van der Waals surface area contributed by atoms with Gasteiger partial charge in [0.15, 0.2) is 11.6 Å². The lowest BCUT2D eigenvalue weighted by Crippen LogP contribution is -2.15. The summed E-state index contributed by atoms with van der Waals surface area (Å²) in [5.74, 6) is -0.731. The fraction of sp³-hybridized carbons (Fsp3) is 0.154. The number of nitrogens with zero attached hydrogens (tertiary/aromatic N) is 2. The first-order valence-electron chi connectivity index (χ1n) is 5.46. The Morgan fingerprint density at radius 2 is 2.06 bits per heavy atom. The van der Waals surface area contributed by atoms with Gasteiger partial charge in [0.2, 0.25) is 0 Å². The van der Waals surface area contributed by atoms with Gasteiger partial charge in [0, 0.05) is 31.0 Å². The molecule has 0 radical (unpaired) electrons. The first kappa shape index (κ1) is 12.4. The second-order valence-electron chi connectivity index (χ2n) is 3.85. The second kappa shape index (κ2) is 5.10. The fourth-order valence-corrected chi connectivity index (χ4v) is 1.67. The number of hydrogen-bond acceptors (Lipinski definition) is 3. The quantitative estimate of drug-likeness (QED) is 0.909. The van der Waals surface area contributed by atoms with Crippen molar-refractivity contribution in [2.24, 2.45) is 5.73 Å². The van der Waals surface area contributed by atoms with Crippen molar-refractivity contribution in [3.8, 4) is 0 Å². The molecule has 1 aromatic carbocycles. The molecule has 0 aliphatic rings. The van der Waals surface area contributed by atoms with Crippen molar-refractivity contribution in [3.05, 3.63) is 53.7 Å². The molecule has 2 aromatic rings. The van der Waals surface area contributed by atoms with Crippen LogP contribution >= 0.6 is 0 Å². The minimum absolute atomic E-state index is 0.0956. The molecule has 18 heavy (non-hydrogen) atoms. The molecule has 0 aliphatic carbocycles. The van der Waals surface area contributed by atoms with Gasteiger partial charge in [0.05, 0.1) is 0 Å². The van der Waals surface area contributed by atoms with Crippen LogP contribution in [0.5, 0.6) is 0 Å². The Labute approximate surface area is 104 Å². The van der Waals surface area contributed by atoms with Gasteiger partial charge in [-0.2, -0.15) is 0 Å². The fourth-order valence-electron chi connectivity index (χ4n) is 1.67. The predicted molar refractivity (Wildman–Crippen MR) is 66.5 cm³/mol. The summed E-state index contributed by atoms with van der Waals surface area (Å²) >= 11 is 0. The van der Waals surface area contributed by atoms with Crippen LogP contribution < -0.4 is 10.6 Å². The van der Waals surface area contributed by atoms with Gasteiger partial charge < -0.3 is 10.6 Å². The Morgan fingerprint density at radius 1 is 1.28 bits per heavy atom. The lowest BCUT2D eigenvalue weighted by Gasteiger charge is -2.19. The average molecular weight is 249 g/mol. The van der Waals surface area contributed by atoms with Crippen molar-refractivity contribution in [1.82, 2.24) is 4.98 Å². The minimum Gasteiger partial charge on any atom is -0.327 e. The van der Waals surface area contributed by atoms with E-state index < -0.39 is 5.82 Å². The summed E-state index contributed by atoms with van der Waals surface area (Å²) in [6, 6.07) is 7.41. The summed E-state index contributed by atoms with van der Waals surface area (Å²) in [6.07, 6.45) is 1.48. The van der Waals surface area contributed by atoms with E-state index in [0.29, 0.717) is 11.3 Å². The number of aromatic nitrogens is 1. The van der Waals surface area contributed by atoms with Gasteiger partial charge in [-0.05, 0) is 24.3 Å². The highest BCUT2D eigenvalue weighted by molar-refractivity contribution is 5.60. The Kier molecular flexibility index (Phi) is 3.53. The number of anilines is 2. The molecule has 0 saturated carbocycles.